The molecule has 0 saturated carbocycles. The van der Waals surface area contributed by atoms with Crippen LogP contribution in [0, 0.1) is 0 Å². The molecule has 33 heavy (non-hydrogen) atoms. The lowest BCUT2D eigenvalue weighted by Gasteiger charge is -2.21. The monoisotopic (exact) mass is 469 g/mol. The smallest absolute Gasteiger partial charge is 0.278 e. The molecule has 3 aromatic rings. The van der Waals surface area contributed by atoms with Gasteiger partial charge in [-0.3, -0.25) is 14.7 Å². The Morgan fingerprint density at radius 1 is 0.909 bits per heavy atom. The molecule has 0 radical (unpaired) electrons. The maximum atomic E-state index is 12.9. The molecule has 0 atom stereocenters. The zero-order valence-electron chi connectivity index (χ0n) is 18.5. The third-order valence-corrected chi connectivity index (χ3v) is 6.75. The molecular formula is C23H27N5O4S. The van der Waals surface area contributed by atoms with Crippen LogP contribution in [0.4, 0.5) is 11.4 Å². The van der Waals surface area contributed by atoms with Gasteiger partial charge in [-0.25, -0.2) is 8.42 Å². The third-order valence-electron chi connectivity index (χ3n) is 4.84. The molecule has 3 rings (SSSR count). The molecule has 0 aliphatic carbocycles. The Bertz CT molecular complexity index is 1190. The Morgan fingerprint density at radius 3 is 2.15 bits per heavy atom. The minimum atomic E-state index is -3.63. The maximum Gasteiger partial charge on any atom is 0.278 e. The molecule has 2 aromatic carbocycles. The number of carbonyl (C=O) groups is 2. The van der Waals surface area contributed by atoms with Crippen LogP contribution in [0.2, 0.25) is 0 Å². The van der Waals surface area contributed by atoms with Crippen LogP contribution in [-0.2, 0) is 10.0 Å². The summed E-state index contributed by atoms with van der Waals surface area (Å²) in [6.45, 7) is 4.73. The predicted molar refractivity (Wildman–Crippen MR) is 127 cm³/mol. The number of hydrogen-bond acceptors (Lipinski definition) is 5. The van der Waals surface area contributed by atoms with Crippen molar-refractivity contribution < 1.29 is 18.0 Å². The summed E-state index contributed by atoms with van der Waals surface area (Å²) in [6, 6.07) is 14.6. The Morgan fingerprint density at radius 2 is 1.55 bits per heavy atom. The number of benzene rings is 2. The Balaban J connectivity index is 1.72. The van der Waals surface area contributed by atoms with Crippen LogP contribution < -0.4 is 10.6 Å². The van der Waals surface area contributed by atoms with Gasteiger partial charge in [-0.15, -0.1) is 0 Å². The molecule has 3 N–H and O–H groups in total. The average molecular weight is 470 g/mol. The van der Waals surface area contributed by atoms with E-state index < -0.39 is 21.8 Å². The van der Waals surface area contributed by atoms with Crippen molar-refractivity contribution in [3.8, 4) is 0 Å². The first-order valence-electron chi connectivity index (χ1n) is 10.7. The summed E-state index contributed by atoms with van der Waals surface area (Å²) < 4.78 is 27.2. The second kappa shape index (κ2) is 10.9. The van der Waals surface area contributed by atoms with Crippen molar-refractivity contribution in [2.24, 2.45) is 0 Å². The highest BCUT2D eigenvalue weighted by atomic mass is 32.2. The van der Waals surface area contributed by atoms with Gasteiger partial charge in [0, 0.05) is 30.5 Å². The van der Waals surface area contributed by atoms with Gasteiger partial charge in [0.15, 0.2) is 5.69 Å². The standard InChI is InChI=1S/C23H27N5O4S/c1-3-14-28(15-4-2)33(31,32)19-12-10-17(11-13-19)22(29)26-20-16-24-27-21(20)23(30)25-18-8-6-5-7-9-18/h5-13,16H,3-4,14-15H2,1-2H3,(H,24,27)(H,25,30)(H,26,29). The van der Waals surface area contributed by atoms with Crippen LogP contribution in [0.3, 0.4) is 0 Å². The first kappa shape index (κ1) is 24.1. The van der Waals surface area contributed by atoms with E-state index in [4.69, 9.17) is 0 Å². The molecule has 174 valence electrons. The number of amides is 2. The van der Waals surface area contributed by atoms with Gasteiger partial charge in [0.05, 0.1) is 10.6 Å². The highest BCUT2D eigenvalue weighted by molar-refractivity contribution is 7.89. The highest BCUT2D eigenvalue weighted by Crippen LogP contribution is 2.19. The van der Waals surface area contributed by atoms with E-state index >= 15 is 0 Å². The Kier molecular flexibility index (Phi) is 7.96. The van der Waals surface area contributed by atoms with E-state index in [1.54, 1.807) is 24.3 Å². The number of sulfonamides is 1. The maximum absolute atomic E-state index is 12.9. The van der Waals surface area contributed by atoms with Crippen molar-refractivity contribution >= 4 is 33.2 Å². The van der Waals surface area contributed by atoms with E-state index in [1.807, 2.05) is 19.9 Å². The van der Waals surface area contributed by atoms with Gasteiger partial charge in [-0.1, -0.05) is 32.0 Å². The minimum absolute atomic E-state index is 0.0289. The van der Waals surface area contributed by atoms with Crippen molar-refractivity contribution in [1.29, 1.82) is 0 Å². The number of nitrogens with one attached hydrogen (secondary N) is 3. The van der Waals surface area contributed by atoms with Gasteiger partial charge in [-0.05, 0) is 49.2 Å². The second-order valence-electron chi connectivity index (χ2n) is 7.35. The summed E-state index contributed by atoms with van der Waals surface area (Å²) in [6.07, 6.45) is 2.83. The summed E-state index contributed by atoms with van der Waals surface area (Å²) in [5.74, 6) is -0.973. The fourth-order valence-electron chi connectivity index (χ4n) is 3.24. The largest absolute Gasteiger partial charge is 0.321 e. The molecule has 2 amide bonds. The zero-order chi connectivity index (χ0) is 23.8. The lowest BCUT2D eigenvalue weighted by molar-refractivity contribution is 0.102. The summed E-state index contributed by atoms with van der Waals surface area (Å²) in [5.41, 5.74) is 1.09. The van der Waals surface area contributed by atoms with Crippen molar-refractivity contribution in [2.45, 2.75) is 31.6 Å². The summed E-state index contributed by atoms with van der Waals surface area (Å²) >= 11 is 0. The summed E-state index contributed by atoms with van der Waals surface area (Å²) in [5, 5.41) is 11.9. The van der Waals surface area contributed by atoms with Crippen molar-refractivity contribution in [3.63, 3.8) is 0 Å². The molecule has 1 aromatic heterocycles. The molecule has 1 heterocycles. The van der Waals surface area contributed by atoms with Crippen LogP contribution in [-0.4, -0.2) is 47.8 Å². The molecule has 0 fully saturated rings. The van der Waals surface area contributed by atoms with E-state index in [0.717, 1.165) is 0 Å². The molecule has 10 heteroatoms. The van der Waals surface area contributed by atoms with Gasteiger partial charge in [0.2, 0.25) is 10.0 Å². The van der Waals surface area contributed by atoms with Gasteiger partial charge in [0.1, 0.15) is 0 Å². The van der Waals surface area contributed by atoms with Crippen molar-refractivity contribution in [2.75, 3.05) is 23.7 Å². The first-order valence-corrected chi connectivity index (χ1v) is 12.1. The lowest BCUT2D eigenvalue weighted by atomic mass is 10.2. The molecule has 0 saturated heterocycles. The molecular weight excluding hydrogens is 442 g/mol. The van der Waals surface area contributed by atoms with Gasteiger partial charge < -0.3 is 10.6 Å². The van der Waals surface area contributed by atoms with E-state index in [-0.39, 0.29) is 21.8 Å². The SMILES string of the molecule is CCCN(CCC)S(=O)(=O)c1ccc(C(=O)Nc2c[nH]nc2C(=O)Nc2ccccc2)cc1. The zero-order valence-corrected chi connectivity index (χ0v) is 19.4. The fourth-order valence-corrected chi connectivity index (χ4v) is 4.87. The van der Waals surface area contributed by atoms with Crippen LogP contribution in [0.15, 0.2) is 65.7 Å². The van der Waals surface area contributed by atoms with Crippen molar-refractivity contribution in [1.82, 2.24) is 14.5 Å². The third kappa shape index (κ3) is 5.85. The number of hydrogen-bond donors (Lipinski definition) is 3. The number of rotatable bonds is 10. The van der Waals surface area contributed by atoms with E-state index in [1.165, 1.54) is 34.8 Å². The Labute approximate surface area is 193 Å². The average Bonchev–Trinajstić information content (AvgIpc) is 3.28. The van der Waals surface area contributed by atoms with E-state index in [2.05, 4.69) is 20.8 Å². The number of H-pyrrole nitrogens is 1. The summed E-state index contributed by atoms with van der Waals surface area (Å²) in [4.78, 5) is 25.4. The van der Waals surface area contributed by atoms with Crippen LogP contribution >= 0.6 is 0 Å². The predicted octanol–water partition coefficient (Wildman–Crippen LogP) is 3.73. The van der Waals surface area contributed by atoms with Crippen LogP contribution in [0.25, 0.3) is 0 Å². The number of aromatic amines is 1. The highest BCUT2D eigenvalue weighted by Gasteiger charge is 2.23. The quantitative estimate of drug-likeness (QED) is 0.417. The second-order valence-corrected chi connectivity index (χ2v) is 9.29. The number of para-hydroxylation sites is 1. The van der Waals surface area contributed by atoms with E-state index in [0.29, 0.717) is 31.6 Å². The number of carbonyl (C=O) groups excluding carboxylic acids is 2. The molecule has 0 bridgehead atoms. The van der Waals surface area contributed by atoms with Gasteiger partial charge in [-0.2, -0.15) is 9.40 Å². The first-order chi connectivity index (χ1) is 15.9. The minimum Gasteiger partial charge on any atom is -0.321 e. The molecule has 0 aliphatic rings. The number of nitrogens with zero attached hydrogens (tertiary/aromatic N) is 2. The summed E-state index contributed by atoms with van der Waals surface area (Å²) in [7, 11) is -3.63. The van der Waals surface area contributed by atoms with Crippen molar-refractivity contribution in [3.05, 3.63) is 72.1 Å². The normalized spacial score (nSPS) is 11.4. The lowest BCUT2D eigenvalue weighted by Crippen LogP contribution is -2.32. The molecule has 0 unspecified atom stereocenters. The molecule has 9 nitrogen and oxygen atoms in total. The molecule has 0 spiro atoms. The van der Waals surface area contributed by atoms with Gasteiger partial charge >= 0.3 is 0 Å². The Hall–Kier alpha value is -3.50. The number of aromatic nitrogens is 2. The number of anilines is 2. The molecule has 0 aliphatic heterocycles. The van der Waals surface area contributed by atoms with Gasteiger partial charge in [0.25, 0.3) is 11.8 Å². The topological polar surface area (TPSA) is 124 Å². The van der Waals surface area contributed by atoms with E-state index in [9.17, 15) is 18.0 Å². The fraction of sp³-hybridized carbons (Fsp3) is 0.261. The van der Waals surface area contributed by atoms with Crippen LogP contribution in [0.1, 0.15) is 47.5 Å². The van der Waals surface area contributed by atoms with Crippen LogP contribution in [0.5, 0.6) is 0 Å².